The molecule has 0 N–H and O–H groups in total. The van der Waals surface area contributed by atoms with Gasteiger partial charge in [0.25, 0.3) is 0 Å². The first-order chi connectivity index (χ1) is 9.59. The fourth-order valence-corrected chi connectivity index (χ4v) is 4.28. The van der Waals surface area contributed by atoms with E-state index in [9.17, 15) is 4.79 Å². The van der Waals surface area contributed by atoms with Gasteiger partial charge >= 0.3 is 6.09 Å². The zero-order valence-corrected chi connectivity index (χ0v) is 16.3. The van der Waals surface area contributed by atoms with Crippen LogP contribution in [-0.2, 0) is 4.74 Å². The van der Waals surface area contributed by atoms with Crippen molar-refractivity contribution in [3.8, 4) is 0 Å². The molecule has 0 saturated carbocycles. The summed E-state index contributed by atoms with van der Waals surface area (Å²) in [7, 11) is 0. The van der Waals surface area contributed by atoms with E-state index in [4.69, 9.17) is 4.74 Å². The van der Waals surface area contributed by atoms with E-state index in [-0.39, 0.29) is 17.2 Å². The molecule has 0 radical (unpaired) electrons. The number of rotatable bonds is 0. The zero-order chi connectivity index (χ0) is 17.6. The summed E-state index contributed by atoms with van der Waals surface area (Å²) < 4.78 is 5.66. The molecule has 1 fully saturated rings. The molecule has 0 aromatic rings. The second-order valence-electron chi connectivity index (χ2n) is 9.55. The first kappa shape index (κ1) is 19.3. The molecule has 22 heavy (non-hydrogen) atoms. The number of carbonyl (C=O) groups excluding carboxylic acids is 1. The second kappa shape index (κ2) is 5.70. The number of nitrogens with zero attached hydrogens (tertiary/aromatic N) is 2. The Morgan fingerprint density at radius 2 is 1.50 bits per heavy atom. The maximum Gasteiger partial charge on any atom is 0.411 e. The highest BCUT2D eigenvalue weighted by molar-refractivity contribution is 5.69. The van der Waals surface area contributed by atoms with Gasteiger partial charge in [0, 0.05) is 17.6 Å². The van der Waals surface area contributed by atoms with Crippen molar-refractivity contribution in [2.24, 2.45) is 0 Å². The number of hydrogen-bond donors (Lipinski definition) is 0. The highest BCUT2D eigenvalue weighted by Gasteiger charge is 2.50. The van der Waals surface area contributed by atoms with Crippen LogP contribution in [0.2, 0.25) is 0 Å². The maximum atomic E-state index is 12.7. The number of amides is 1. The average Bonchev–Trinajstić information content (AvgIpc) is 2.26. The van der Waals surface area contributed by atoms with Gasteiger partial charge in [0.1, 0.15) is 5.60 Å². The average molecular weight is 312 g/mol. The molecule has 1 aliphatic rings. The Kier molecular flexibility index (Phi) is 4.99. The Morgan fingerprint density at radius 3 is 1.91 bits per heavy atom. The lowest BCUT2D eigenvalue weighted by Gasteiger charge is -2.56. The van der Waals surface area contributed by atoms with Crippen molar-refractivity contribution in [2.75, 3.05) is 6.54 Å². The fourth-order valence-electron chi connectivity index (χ4n) is 4.28. The van der Waals surface area contributed by atoms with Crippen molar-refractivity contribution < 1.29 is 9.53 Å². The van der Waals surface area contributed by atoms with Crippen LogP contribution in [0.5, 0.6) is 0 Å². The molecule has 0 unspecified atom stereocenters. The summed E-state index contributed by atoms with van der Waals surface area (Å²) in [6, 6.07) is 0. The van der Waals surface area contributed by atoms with Crippen LogP contribution in [0.3, 0.4) is 0 Å². The monoisotopic (exact) mass is 312 g/mol. The number of ether oxygens (including phenoxy) is 1. The minimum atomic E-state index is -0.471. The van der Waals surface area contributed by atoms with Crippen LogP contribution >= 0.6 is 0 Å². The topological polar surface area (TPSA) is 32.8 Å². The van der Waals surface area contributed by atoms with Crippen molar-refractivity contribution >= 4 is 6.09 Å². The molecule has 4 heteroatoms. The number of carbonyl (C=O) groups is 1. The van der Waals surface area contributed by atoms with Gasteiger partial charge in [-0.2, -0.15) is 0 Å². The van der Waals surface area contributed by atoms with E-state index in [2.05, 4.69) is 53.4 Å². The van der Waals surface area contributed by atoms with Crippen LogP contribution in [0, 0.1) is 0 Å². The van der Waals surface area contributed by atoms with Gasteiger partial charge in [-0.1, -0.05) is 0 Å². The minimum Gasteiger partial charge on any atom is -0.444 e. The Hall–Kier alpha value is -0.770. The lowest BCUT2D eigenvalue weighted by molar-refractivity contribution is -0.118. The summed E-state index contributed by atoms with van der Waals surface area (Å²) in [4.78, 5) is 17.1. The van der Waals surface area contributed by atoms with Crippen molar-refractivity contribution in [3.05, 3.63) is 0 Å². The number of hydrogen-bond acceptors (Lipinski definition) is 3. The van der Waals surface area contributed by atoms with E-state index in [1.807, 2.05) is 25.7 Å². The molecule has 0 bridgehead atoms. The predicted octanol–water partition coefficient (Wildman–Crippen LogP) is 4.63. The molecule has 1 saturated heterocycles. The Morgan fingerprint density at radius 1 is 1.00 bits per heavy atom. The molecule has 1 rings (SSSR count). The molecular formula is C18H36N2O2. The lowest BCUT2D eigenvalue weighted by Crippen LogP contribution is -2.68. The maximum absolute atomic E-state index is 12.7. The van der Waals surface area contributed by atoms with Crippen LogP contribution in [-0.4, -0.2) is 44.8 Å². The smallest absolute Gasteiger partial charge is 0.411 e. The first-order valence-electron chi connectivity index (χ1n) is 8.40. The summed E-state index contributed by atoms with van der Waals surface area (Å²) in [5.41, 5.74) is -0.891. The quantitative estimate of drug-likeness (QED) is 0.653. The largest absolute Gasteiger partial charge is 0.444 e. The van der Waals surface area contributed by atoms with Gasteiger partial charge in [-0.05, 0) is 82.1 Å². The van der Waals surface area contributed by atoms with E-state index in [1.165, 1.54) is 0 Å². The van der Waals surface area contributed by atoms with Crippen LogP contribution in [0.4, 0.5) is 4.79 Å². The predicted molar refractivity (Wildman–Crippen MR) is 91.9 cm³/mol. The van der Waals surface area contributed by atoms with Gasteiger partial charge < -0.3 is 4.74 Å². The first-order valence-corrected chi connectivity index (χ1v) is 8.40. The van der Waals surface area contributed by atoms with Crippen LogP contribution in [0.1, 0.15) is 82.1 Å². The van der Waals surface area contributed by atoms with Gasteiger partial charge in [0.15, 0.2) is 0 Å². The van der Waals surface area contributed by atoms with E-state index in [0.717, 1.165) is 19.4 Å². The highest BCUT2D eigenvalue weighted by Crippen LogP contribution is 2.41. The Bertz CT molecular complexity index is 414. The third-order valence-electron chi connectivity index (χ3n) is 4.27. The molecule has 1 amide bonds. The van der Waals surface area contributed by atoms with Gasteiger partial charge in [-0.15, -0.1) is 0 Å². The summed E-state index contributed by atoms with van der Waals surface area (Å²) in [6.45, 7) is 22.0. The fraction of sp³-hybridized carbons (Fsp3) is 0.944. The molecule has 0 spiro atoms. The molecule has 130 valence electrons. The zero-order valence-electron chi connectivity index (χ0n) is 16.3. The van der Waals surface area contributed by atoms with Crippen molar-refractivity contribution in [3.63, 3.8) is 0 Å². The van der Waals surface area contributed by atoms with E-state index in [0.29, 0.717) is 0 Å². The van der Waals surface area contributed by atoms with Gasteiger partial charge in [-0.25, -0.2) is 4.79 Å². The van der Waals surface area contributed by atoms with Gasteiger partial charge in [0.2, 0.25) is 0 Å². The second-order valence-corrected chi connectivity index (χ2v) is 9.55. The Balaban J connectivity index is 3.24. The molecule has 0 aromatic heterocycles. The van der Waals surface area contributed by atoms with E-state index in [1.54, 1.807) is 0 Å². The summed E-state index contributed by atoms with van der Waals surface area (Å²) in [5, 5.41) is 0. The molecule has 0 aliphatic carbocycles. The van der Waals surface area contributed by atoms with Crippen LogP contribution in [0.25, 0.3) is 0 Å². The normalized spacial score (nSPS) is 23.1. The Labute approximate surface area is 137 Å². The molecule has 1 aliphatic heterocycles. The summed E-state index contributed by atoms with van der Waals surface area (Å²) in [6.07, 6.45) is 1.83. The lowest BCUT2D eigenvalue weighted by atomic mass is 9.88. The molecule has 0 atom stereocenters. The molecule has 1 heterocycles. The molecular weight excluding hydrogens is 276 g/mol. The highest BCUT2D eigenvalue weighted by atomic mass is 16.6. The molecule has 4 nitrogen and oxygen atoms in total. The third-order valence-corrected chi connectivity index (χ3v) is 4.27. The van der Waals surface area contributed by atoms with Crippen molar-refractivity contribution in [1.29, 1.82) is 0 Å². The van der Waals surface area contributed by atoms with Gasteiger partial charge in [-0.3, -0.25) is 9.80 Å². The van der Waals surface area contributed by atoms with Crippen LogP contribution < -0.4 is 0 Å². The van der Waals surface area contributed by atoms with Crippen molar-refractivity contribution in [2.45, 2.75) is 104 Å². The third kappa shape index (κ3) is 4.15. The standard InChI is InChI=1S/C18H36N2O2/c1-15(2,3)20-17(7,8)12-11-13-19(18(20,9)10)14(21)22-16(4,5)6/h11-13H2,1-10H3. The minimum absolute atomic E-state index is 0.0263. The van der Waals surface area contributed by atoms with Gasteiger partial charge in [0.05, 0.1) is 5.66 Å². The van der Waals surface area contributed by atoms with Crippen molar-refractivity contribution in [1.82, 2.24) is 9.80 Å². The van der Waals surface area contributed by atoms with E-state index < -0.39 is 11.3 Å². The molecule has 0 aromatic carbocycles. The summed E-state index contributed by atoms with van der Waals surface area (Å²) in [5.74, 6) is 0. The SMILES string of the molecule is CC(C)(C)OC(=O)N1CCCC(C)(C)N(C(C)(C)C)C1(C)C. The summed E-state index contributed by atoms with van der Waals surface area (Å²) >= 11 is 0. The van der Waals surface area contributed by atoms with Crippen LogP contribution in [0.15, 0.2) is 0 Å². The van der Waals surface area contributed by atoms with E-state index >= 15 is 0 Å².